The minimum atomic E-state index is 0.650. The number of nitrogens with zero attached hydrogens (tertiary/aromatic N) is 4. The Kier molecular flexibility index (Phi) is 3.58. The lowest BCUT2D eigenvalue weighted by Crippen LogP contribution is -1.98. The third kappa shape index (κ3) is 2.87. The van der Waals surface area contributed by atoms with Gasteiger partial charge in [0.25, 0.3) is 0 Å². The number of aryl methyl sites for hydroxylation is 1. The molecule has 1 N–H and O–H groups in total. The largest absolute Gasteiger partial charge is 0.373 e. The molecule has 0 unspecified atom stereocenters. The monoisotopic (exact) mass is 299 g/mol. The predicted octanol–water partition coefficient (Wildman–Crippen LogP) is 3.24. The maximum atomic E-state index is 5.92. The van der Waals surface area contributed by atoms with Crippen molar-refractivity contribution in [3.8, 4) is 22.6 Å². The highest BCUT2D eigenvalue weighted by Crippen LogP contribution is 2.24. The average molecular weight is 300 g/mol. The van der Waals surface area contributed by atoms with Crippen molar-refractivity contribution in [3.63, 3.8) is 0 Å². The van der Waals surface area contributed by atoms with E-state index in [1.165, 1.54) is 0 Å². The Morgan fingerprint density at radius 3 is 2.48 bits per heavy atom. The van der Waals surface area contributed by atoms with Crippen LogP contribution in [0.15, 0.2) is 42.7 Å². The molecule has 0 fully saturated rings. The first kappa shape index (κ1) is 13.6. The molecule has 1 aromatic carbocycles. The van der Waals surface area contributed by atoms with Crippen LogP contribution in [0.4, 0.5) is 5.82 Å². The molecular weight excluding hydrogens is 286 g/mol. The molecular formula is C15H14ClN5. The molecule has 0 amide bonds. The topological polar surface area (TPSA) is 55.6 Å². The molecule has 0 spiro atoms. The van der Waals surface area contributed by atoms with Crippen LogP contribution in [0.1, 0.15) is 0 Å². The third-order valence-corrected chi connectivity index (χ3v) is 3.34. The molecule has 0 aliphatic rings. The summed E-state index contributed by atoms with van der Waals surface area (Å²) < 4.78 is 1.75. The second-order valence-electron chi connectivity index (χ2n) is 4.62. The molecule has 0 aliphatic carbocycles. The SMILES string of the molecule is CNc1cc(-c2cnn(C)c2)nc(-c2ccc(Cl)cc2)n1. The van der Waals surface area contributed by atoms with Crippen molar-refractivity contribution in [2.45, 2.75) is 0 Å². The first-order valence-corrected chi connectivity index (χ1v) is 6.85. The van der Waals surface area contributed by atoms with Gasteiger partial charge in [0.15, 0.2) is 5.82 Å². The summed E-state index contributed by atoms with van der Waals surface area (Å²) in [5.41, 5.74) is 2.70. The van der Waals surface area contributed by atoms with Gasteiger partial charge in [-0.1, -0.05) is 11.6 Å². The zero-order valence-corrected chi connectivity index (χ0v) is 12.5. The predicted molar refractivity (Wildman–Crippen MR) is 84.2 cm³/mol. The average Bonchev–Trinajstić information content (AvgIpc) is 2.94. The number of nitrogens with one attached hydrogen (secondary N) is 1. The van der Waals surface area contributed by atoms with Crippen LogP contribution in [0.2, 0.25) is 5.02 Å². The van der Waals surface area contributed by atoms with Crippen molar-refractivity contribution in [2.75, 3.05) is 12.4 Å². The lowest BCUT2D eigenvalue weighted by molar-refractivity contribution is 0.768. The summed E-state index contributed by atoms with van der Waals surface area (Å²) >= 11 is 5.92. The normalized spacial score (nSPS) is 10.6. The zero-order valence-electron chi connectivity index (χ0n) is 11.7. The molecule has 0 bridgehead atoms. The molecule has 3 rings (SSSR count). The molecule has 21 heavy (non-hydrogen) atoms. The number of anilines is 1. The van der Waals surface area contributed by atoms with Gasteiger partial charge >= 0.3 is 0 Å². The summed E-state index contributed by atoms with van der Waals surface area (Å²) in [7, 11) is 3.71. The number of aromatic nitrogens is 4. The maximum Gasteiger partial charge on any atom is 0.162 e. The van der Waals surface area contributed by atoms with Crippen LogP contribution in [0, 0.1) is 0 Å². The number of hydrogen-bond acceptors (Lipinski definition) is 4. The third-order valence-electron chi connectivity index (χ3n) is 3.09. The van der Waals surface area contributed by atoms with Gasteiger partial charge < -0.3 is 5.32 Å². The Morgan fingerprint density at radius 1 is 1.10 bits per heavy atom. The van der Waals surface area contributed by atoms with Crippen LogP contribution in [0.3, 0.4) is 0 Å². The van der Waals surface area contributed by atoms with Gasteiger partial charge in [-0.15, -0.1) is 0 Å². The second-order valence-corrected chi connectivity index (χ2v) is 5.06. The van der Waals surface area contributed by atoms with Crippen LogP contribution >= 0.6 is 11.6 Å². The number of halogens is 1. The second kappa shape index (κ2) is 5.54. The van der Waals surface area contributed by atoms with Gasteiger partial charge in [-0.05, 0) is 24.3 Å². The molecule has 0 saturated heterocycles. The van der Waals surface area contributed by atoms with Crippen LogP contribution in [0.25, 0.3) is 22.6 Å². The van der Waals surface area contributed by atoms with Crippen molar-refractivity contribution in [1.82, 2.24) is 19.7 Å². The van der Waals surface area contributed by atoms with Crippen LogP contribution in [0.5, 0.6) is 0 Å². The molecule has 106 valence electrons. The number of benzene rings is 1. The molecule has 2 aromatic heterocycles. The van der Waals surface area contributed by atoms with E-state index in [1.807, 2.05) is 50.6 Å². The van der Waals surface area contributed by atoms with Crippen LogP contribution in [-0.2, 0) is 7.05 Å². The van der Waals surface area contributed by atoms with Gasteiger partial charge in [0.05, 0.1) is 11.9 Å². The number of rotatable bonds is 3. The lowest BCUT2D eigenvalue weighted by Gasteiger charge is -2.07. The highest BCUT2D eigenvalue weighted by atomic mass is 35.5. The molecule has 5 nitrogen and oxygen atoms in total. The maximum absolute atomic E-state index is 5.92. The van der Waals surface area contributed by atoms with Gasteiger partial charge in [0.1, 0.15) is 5.82 Å². The first-order chi connectivity index (χ1) is 10.2. The highest BCUT2D eigenvalue weighted by molar-refractivity contribution is 6.30. The lowest BCUT2D eigenvalue weighted by atomic mass is 10.2. The van der Waals surface area contributed by atoms with E-state index >= 15 is 0 Å². The van der Waals surface area contributed by atoms with Crippen molar-refractivity contribution in [2.24, 2.45) is 7.05 Å². The molecule has 0 aliphatic heterocycles. The van der Waals surface area contributed by atoms with Gasteiger partial charge in [-0.2, -0.15) is 5.10 Å². The summed E-state index contributed by atoms with van der Waals surface area (Å²) in [6.07, 6.45) is 3.71. The minimum absolute atomic E-state index is 0.650. The smallest absolute Gasteiger partial charge is 0.162 e. The Hall–Kier alpha value is -2.40. The Labute approximate surface area is 127 Å². The molecule has 2 heterocycles. The quantitative estimate of drug-likeness (QED) is 0.806. The van der Waals surface area contributed by atoms with Crippen molar-refractivity contribution < 1.29 is 0 Å². The Bertz CT molecular complexity index is 764. The summed E-state index contributed by atoms with van der Waals surface area (Å²) in [5.74, 6) is 1.41. The Balaban J connectivity index is 2.10. The molecule has 0 radical (unpaired) electrons. The fourth-order valence-corrected chi connectivity index (χ4v) is 2.13. The van der Waals surface area contributed by atoms with Gasteiger partial charge in [0.2, 0.25) is 0 Å². The Morgan fingerprint density at radius 2 is 1.86 bits per heavy atom. The molecule has 3 aromatic rings. The van der Waals surface area contributed by atoms with E-state index in [-0.39, 0.29) is 0 Å². The van der Waals surface area contributed by atoms with Gasteiger partial charge in [-0.3, -0.25) is 4.68 Å². The fourth-order valence-electron chi connectivity index (χ4n) is 2.00. The van der Waals surface area contributed by atoms with Crippen molar-refractivity contribution >= 4 is 17.4 Å². The number of hydrogen-bond donors (Lipinski definition) is 1. The van der Waals surface area contributed by atoms with E-state index in [1.54, 1.807) is 10.9 Å². The first-order valence-electron chi connectivity index (χ1n) is 6.47. The highest BCUT2D eigenvalue weighted by Gasteiger charge is 2.09. The fraction of sp³-hybridized carbons (Fsp3) is 0.133. The molecule has 0 saturated carbocycles. The molecule has 0 atom stereocenters. The summed E-state index contributed by atoms with van der Waals surface area (Å²) in [6.45, 7) is 0. The van der Waals surface area contributed by atoms with Crippen LogP contribution < -0.4 is 5.32 Å². The molecule has 6 heteroatoms. The summed E-state index contributed by atoms with van der Waals surface area (Å²) in [4.78, 5) is 9.11. The van der Waals surface area contributed by atoms with Gasteiger partial charge in [-0.25, -0.2) is 9.97 Å². The summed E-state index contributed by atoms with van der Waals surface area (Å²) in [6, 6.07) is 9.37. The standard InChI is InChI=1S/C15H14ClN5/c1-17-14-7-13(11-8-18-21(2)9-11)19-15(20-14)10-3-5-12(16)6-4-10/h3-9H,1-2H3,(H,17,19,20). The summed E-state index contributed by atoms with van der Waals surface area (Å²) in [5, 5.41) is 7.93. The van der Waals surface area contributed by atoms with Crippen molar-refractivity contribution in [1.29, 1.82) is 0 Å². The van der Waals surface area contributed by atoms with Gasteiger partial charge in [0, 0.05) is 42.5 Å². The van der Waals surface area contributed by atoms with E-state index in [9.17, 15) is 0 Å². The van der Waals surface area contributed by atoms with Crippen molar-refractivity contribution in [3.05, 3.63) is 47.7 Å². The van der Waals surface area contributed by atoms with E-state index < -0.39 is 0 Å². The van der Waals surface area contributed by atoms with E-state index in [0.717, 1.165) is 22.6 Å². The van der Waals surface area contributed by atoms with E-state index in [4.69, 9.17) is 11.6 Å². The minimum Gasteiger partial charge on any atom is -0.373 e. The van der Waals surface area contributed by atoms with Crippen LogP contribution in [-0.4, -0.2) is 26.8 Å². The zero-order chi connectivity index (χ0) is 14.8. The van der Waals surface area contributed by atoms with E-state index in [0.29, 0.717) is 10.8 Å². The van der Waals surface area contributed by atoms with E-state index in [2.05, 4.69) is 20.4 Å².